The summed E-state index contributed by atoms with van der Waals surface area (Å²) in [5.41, 5.74) is 3.46. The molecule has 26 heavy (non-hydrogen) atoms. The lowest BCUT2D eigenvalue weighted by Crippen LogP contribution is -2.46. The summed E-state index contributed by atoms with van der Waals surface area (Å²) in [5, 5.41) is 30.9. The fourth-order valence-corrected chi connectivity index (χ4v) is 4.38. The second-order valence-corrected chi connectivity index (χ2v) is 7.19. The highest BCUT2D eigenvalue weighted by molar-refractivity contribution is 5.74. The maximum Gasteiger partial charge on any atom is 0.154 e. The Bertz CT molecular complexity index is 929. The van der Waals surface area contributed by atoms with Crippen molar-refractivity contribution in [3.8, 4) is 0 Å². The van der Waals surface area contributed by atoms with E-state index in [2.05, 4.69) is 25.8 Å². The molecule has 8 nitrogen and oxygen atoms in total. The number of aryl methyl sites for hydroxylation is 1. The Morgan fingerprint density at radius 1 is 1.23 bits per heavy atom. The third-order valence-electron chi connectivity index (χ3n) is 5.72. The summed E-state index contributed by atoms with van der Waals surface area (Å²) in [4.78, 5) is 0. The third-order valence-corrected chi connectivity index (χ3v) is 5.72. The molecule has 1 saturated heterocycles. The van der Waals surface area contributed by atoms with Gasteiger partial charge in [0.05, 0.1) is 11.6 Å². The van der Waals surface area contributed by atoms with Crippen LogP contribution in [0.15, 0.2) is 24.3 Å². The minimum absolute atomic E-state index is 0.00852. The zero-order valence-electron chi connectivity index (χ0n) is 14.6. The average molecular weight is 354 g/mol. The molecule has 0 spiro atoms. The van der Waals surface area contributed by atoms with Gasteiger partial charge in [0.1, 0.15) is 17.7 Å². The number of H-pyrrole nitrogens is 1. The maximum atomic E-state index is 11.3. The molecule has 2 aliphatic heterocycles. The molecule has 8 heteroatoms. The van der Waals surface area contributed by atoms with E-state index in [1.165, 1.54) is 0 Å². The van der Waals surface area contributed by atoms with Gasteiger partial charge in [0.25, 0.3) is 0 Å². The molecule has 2 aliphatic rings. The number of aliphatic hydroxyl groups excluding tert-OH is 1. The smallest absolute Gasteiger partial charge is 0.154 e. The predicted molar refractivity (Wildman–Crippen MR) is 95.8 cm³/mol. The van der Waals surface area contributed by atoms with E-state index in [1.807, 2.05) is 35.9 Å². The summed E-state index contributed by atoms with van der Waals surface area (Å²) in [6.07, 6.45) is 1.20. The minimum atomic E-state index is -0.706. The number of benzene rings is 1. The van der Waals surface area contributed by atoms with Crippen LogP contribution >= 0.6 is 0 Å². The van der Waals surface area contributed by atoms with Crippen molar-refractivity contribution in [1.82, 2.24) is 25.2 Å². The number of aromatic nitrogens is 5. The molecule has 0 radical (unpaired) electrons. The highest BCUT2D eigenvalue weighted by Gasteiger charge is 2.44. The second-order valence-electron chi connectivity index (χ2n) is 7.19. The first kappa shape index (κ1) is 15.8. The first-order chi connectivity index (χ1) is 12.7. The molecule has 0 bridgehead atoms. The molecule has 4 heterocycles. The topological polar surface area (TPSA) is 101 Å². The van der Waals surface area contributed by atoms with E-state index in [1.54, 1.807) is 0 Å². The summed E-state index contributed by atoms with van der Waals surface area (Å²) >= 11 is 0. The number of hydrogen-bond donors (Lipinski definition) is 3. The van der Waals surface area contributed by atoms with Gasteiger partial charge in [-0.15, -0.1) is 5.10 Å². The molecule has 1 aromatic carbocycles. The van der Waals surface area contributed by atoms with Gasteiger partial charge in [0.15, 0.2) is 5.82 Å². The Hall–Kier alpha value is -2.45. The highest BCUT2D eigenvalue weighted by atomic mass is 16.5. The average Bonchev–Trinajstić information content (AvgIpc) is 3.26. The molecule has 1 fully saturated rings. The van der Waals surface area contributed by atoms with Gasteiger partial charge in [-0.3, -0.25) is 5.10 Å². The Labute approximate surface area is 150 Å². The number of nitrogens with zero attached hydrogens (tertiary/aromatic N) is 4. The van der Waals surface area contributed by atoms with Crippen LogP contribution in [0.2, 0.25) is 0 Å². The zero-order chi connectivity index (χ0) is 17.7. The normalized spacial score (nSPS) is 26.6. The van der Waals surface area contributed by atoms with Gasteiger partial charge in [0.2, 0.25) is 0 Å². The second kappa shape index (κ2) is 6.07. The fourth-order valence-electron chi connectivity index (χ4n) is 4.38. The van der Waals surface area contributed by atoms with Crippen LogP contribution in [0.25, 0.3) is 11.0 Å². The van der Waals surface area contributed by atoms with E-state index >= 15 is 0 Å². The van der Waals surface area contributed by atoms with E-state index in [0.29, 0.717) is 5.92 Å². The lowest BCUT2D eigenvalue weighted by molar-refractivity contribution is 0.0282. The van der Waals surface area contributed by atoms with E-state index in [-0.39, 0.29) is 12.1 Å². The van der Waals surface area contributed by atoms with Crippen molar-refractivity contribution in [3.05, 3.63) is 35.5 Å². The number of aliphatic hydroxyl groups is 1. The largest absolute Gasteiger partial charge is 0.386 e. The Morgan fingerprint density at radius 3 is 2.88 bits per heavy atom. The van der Waals surface area contributed by atoms with Gasteiger partial charge in [-0.25, -0.2) is 4.68 Å². The molecular weight excluding hydrogens is 332 g/mol. The molecule has 0 saturated carbocycles. The van der Waals surface area contributed by atoms with E-state index in [4.69, 9.17) is 4.74 Å². The van der Waals surface area contributed by atoms with Crippen LogP contribution in [-0.4, -0.2) is 49.6 Å². The van der Waals surface area contributed by atoms with Gasteiger partial charge < -0.3 is 15.2 Å². The Balaban J connectivity index is 1.64. The number of para-hydroxylation sites is 1. The number of aromatic amines is 1. The summed E-state index contributed by atoms with van der Waals surface area (Å²) < 4.78 is 7.42. The number of anilines is 1. The summed E-state index contributed by atoms with van der Waals surface area (Å²) in [6.45, 7) is 3.43. The number of fused-ring (bicyclic) bond motifs is 2. The molecular formula is C18H22N6O2. The molecule has 0 unspecified atom stereocenters. The van der Waals surface area contributed by atoms with Gasteiger partial charge >= 0.3 is 0 Å². The molecule has 0 aliphatic carbocycles. The highest BCUT2D eigenvalue weighted by Crippen LogP contribution is 2.44. The van der Waals surface area contributed by atoms with Gasteiger partial charge in [0, 0.05) is 24.5 Å². The molecule has 136 valence electrons. The molecule has 2 aromatic heterocycles. The number of hydrogen-bond acceptors (Lipinski definition) is 6. The van der Waals surface area contributed by atoms with Crippen LogP contribution in [0, 0.1) is 12.8 Å². The third kappa shape index (κ3) is 2.33. The lowest BCUT2D eigenvalue weighted by atomic mass is 9.81. The van der Waals surface area contributed by atoms with Crippen molar-refractivity contribution in [2.45, 2.75) is 38.0 Å². The van der Waals surface area contributed by atoms with Crippen molar-refractivity contribution in [2.24, 2.45) is 5.92 Å². The molecule has 3 N–H and O–H groups in total. The van der Waals surface area contributed by atoms with Crippen LogP contribution in [0.1, 0.15) is 36.2 Å². The van der Waals surface area contributed by atoms with Crippen molar-refractivity contribution in [2.75, 3.05) is 18.5 Å². The van der Waals surface area contributed by atoms with Crippen LogP contribution in [0.4, 0.5) is 5.82 Å². The monoisotopic (exact) mass is 354 g/mol. The molecule has 3 atom stereocenters. The van der Waals surface area contributed by atoms with Crippen LogP contribution in [0.5, 0.6) is 0 Å². The standard InChI is InChI=1S/C18H22N6O2/c1-10-14-17(25)16(24-13-5-3-2-4-12(13)21-23-24)15(19-18(14)22-20-10)11-6-8-26-9-7-11/h2-5,11,15-17,25H,6-9H2,1H3,(H2,19,20,22)/t15-,16-,17-/m1/s1. The van der Waals surface area contributed by atoms with E-state index in [0.717, 1.165) is 54.2 Å². The molecule has 5 rings (SSSR count). The van der Waals surface area contributed by atoms with Crippen molar-refractivity contribution in [3.63, 3.8) is 0 Å². The van der Waals surface area contributed by atoms with Gasteiger partial charge in [-0.2, -0.15) is 5.10 Å². The molecule has 3 aromatic rings. The van der Waals surface area contributed by atoms with Crippen LogP contribution < -0.4 is 5.32 Å². The minimum Gasteiger partial charge on any atom is -0.386 e. The van der Waals surface area contributed by atoms with Crippen molar-refractivity contribution in [1.29, 1.82) is 0 Å². The Morgan fingerprint density at radius 2 is 2.04 bits per heavy atom. The van der Waals surface area contributed by atoms with Crippen LogP contribution in [-0.2, 0) is 4.74 Å². The summed E-state index contributed by atoms with van der Waals surface area (Å²) in [5.74, 6) is 1.11. The number of nitrogens with one attached hydrogen (secondary N) is 2. The van der Waals surface area contributed by atoms with E-state index in [9.17, 15) is 5.11 Å². The quantitative estimate of drug-likeness (QED) is 0.650. The zero-order valence-corrected chi connectivity index (χ0v) is 14.6. The van der Waals surface area contributed by atoms with Gasteiger partial charge in [-0.1, -0.05) is 17.3 Å². The van der Waals surface area contributed by atoms with Crippen molar-refractivity contribution < 1.29 is 9.84 Å². The van der Waals surface area contributed by atoms with Crippen molar-refractivity contribution >= 4 is 16.9 Å². The van der Waals surface area contributed by atoms with E-state index < -0.39 is 6.10 Å². The first-order valence-electron chi connectivity index (χ1n) is 9.11. The Kier molecular flexibility index (Phi) is 3.68. The number of ether oxygens (including phenoxy) is 1. The van der Waals surface area contributed by atoms with Crippen LogP contribution in [0.3, 0.4) is 0 Å². The molecule has 0 amide bonds. The lowest BCUT2D eigenvalue weighted by Gasteiger charge is -2.41. The van der Waals surface area contributed by atoms with Gasteiger partial charge in [-0.05, 0) is 37.8 Å². The maximum absolute atomic E-state index is 11.3. The predicted octanol–water partition coefficient (Wildman–Crippen LogP) is 1.96. The SMILES string of the molecule is Cc1[nH]nc2c1[C@@H](O)[C@H](n1nnc3ccccc31)[C@@H](C1CCOCC1)N2. The summed E-state index contributed by atoms with van der Waals surface area (Å²) in [7, 11) is 0. The first-order valence-corrected chi connectivity index (χ1v) is 9.11. The number of rotatable bonds is 2. The summed E-state index contributed by atoms with van der Waals surface area (Å²) in [6, 6.07) is 7.62. The fraction of sp³-hybridized carbons (Fsp3) is 0.500.